The maximum atomic E-state index is 14.6. The molecule has 0 aliphatic heterocycles. The topological polar surface area (TPSA) is 126 Å². The molecule has 0 aromatic heterocycles. The second-order valence-corrected chi connectivity index (χ2v) is 6.91. The fourth-order valence-corrected chi connectivity index (χ4v) is 1.94. The van der Waals surface area contributed by atoms with E-state index in [1.165, 1.54) is 0 Å². The van der Waals surface area contributed by atoms with Gasteiger partial charge in [-0.05, 0) is 16.5 Å². The van der Waals surface area contributed by atoms with E-state index in [9.17, 15) is 57.9 Å². The lowest BCUT2D eigenvalue weighted by Gasteiger charge is -2.33. The molecule has 43 heavy (non-hydrogen) atoms. The summed E-state index contributed by atoms with van der Waals surface area (Å²) in [6, 6.07) is 0. The molecule has 0 aliphatic rings. The molecule has 248 valence electrons. The number of halogens is 11. The number of rotatable bonds is 22. The van der Waals surface area contributed by atoms with Crippen molar-refractivity contribution in [3.05, 3.63) is 48.6 Å². The van der Waals surface area contributed by atoms with E-state index in [4.69, 9.17) is 4.74 Å². The van der Waals surface area contributed by atoms with E-state index in [-0.39, 0.29) is 0 Å². The molecule has 0 radical (unpaired) electrons. The zero-order chi connectivity index (χ0) is 33.3. The molecule has 0 N–H and O–H groups in total. The maximum Gasteiger partial charge on any atom is 0.460 e. The van der Waals surface area contributed by atoms with Crippen molar-refractivity contribution < 1.29 is 107 Å². The minimum atomic E-state index is -6.96. The van der Waals surface area contributed by atoms with Crippen molar-refractivity contribution in [2.45, 2.75) is 30.5 Å². The van der Waals surface area contributed by atoms with Crippen LogP contribution in [0.15, 0.2) is 48.6 Å². The van der Waals surface area contributed by atoms with Crippen LogP contribution in [0.3, 0.4) is 0 Å². The molecule has 12 nitrogen and oxygen atoms in total. The van der Waals surface area contributed by atoms with Gasteiger partial charge in [-0.15, -0.1) is 0 Å². The summed E-state index contributed by atoms with van der Waals surface area (Å²) < 4.78 is 155. The molecular weight excluding hydrogens is 641 g/mol. The Labute approximate surface area is 232 Å². The number of ether oxygens (including phenoxy) is 2. The molecule has 2 atom stereocenters. The second-order valence-electron chi connectivity index (χ2n) is 6.91. The predicted octanol–water partition coefficient (Wildman–Crippen LogP) is 4.96. The summed E-state index contributed by atoms with van der Waals surface area (Å²) in [5.41, 5.74) is 0. The van der Waals surface area contributed by atoms with Crippen molar-refractivity contribution in [1.82, 2.24) is 0 Å². The van der Waals surface area contributed by atoms with Gasteiger partial charge in [-0.1, -0.05) is 13.2 Å². The Morgan fingerprint density at radius 1 is 0.767 bits per heavy atom. The smallest absolute Gasteiger partial charge is 0.378 e. The largest absolute Gasteiger partial charge is 0.460 e. The highest BCUT2D eigenvalue weighted by Gasteiger charge is 2.75. The van der Waals surface area contributed by atoms with Crippen molar-refractivity contribution in [2.24, 2.45) is 0 Å². The summed E-state index contributed by atoms with van der Waals surface area (Å²) in [7, 11) is 0. The first-order chi connectivity index (χ1) is 20.0. The minimum absolute atomic E-state index is 0.632. The van der Waals surface area contributed by atoms with Gasteiger partial charge in [0.2, 0.25) is 5.83 Å². The summed E-state index contributed by atoms with van der Waals surface area (Å²) in [4.78, 5) is 38.2. The van der Waals surface area contributed by atoms with Crippen molar-refractivity contribution in [3.8, 4) is 0 Å². The highest BCUT2D eigenvalue weighted by atomic mass is 19.4. The zero-order valence-corrected chi connectivity index (χ0v) is 20.9. The van der Waals surface area contributed by atoms with E-state index >= 15 is 0 Å². The molecule has 0 heterocycles. The summed E-state index contributed by atoms with van der Waals surface area (Å²) in [6.45, 7) is -0.410. The molecule has 0 aliphatic carbocycles. The molecule has 0 saturated carbocycles. The van der Waals surface area contributed by atoms with Gasteiger partial charge in [0.05, 0.1) is 13.2 Å². The van der Waals surface area contributed by atoms with Crippen molar-refractivity contribution in [2.75, 3.05) is 33.1 Å². The molecule has 0 aromatic carbocycles. The van der Waals surface area contributed by atoms with Gasteiger partial charge in [0.25, 0.3) is 0 Å². The predicted molar refractivity (Wildman–Crippen MR) is 108 cm³/mol. The molecule has 0 rings (SSSR count). The van der Waals surface area contributed by atoms with Crippen LogP contribution in [0.25, 0.3) is 0 Å². The third kappa shape index (κ3) is 12.9. The van der Waals surface area contributed by atoms with E-state index in [1.54, 1.807) is 0 Å². The first-order valence-corrected chi connectivity index (χ1v) is 10.6. The summed E-state index contributed by atoms with van der Waals surface area (Å²) in [6.07, 6.45) is -8.07. The summed E-state index contributed by atoms with van der Waals surface area (Å²) >= 11 is 0. The van der Waals surface area contributed by atoms with E-state index in [1.807, 2.05) is 0 Å². The number of hydrogen-bond acceptors (Lipinski definition) is 12. The summed E-state index contributed by atoms with van der Waals surface area (Å²) in [5.74, 6) is -28.8. The number of alkyl halides is 7. The molecular formula is C20H19F11O12. The maximum absolute atomic E-state index is 14.6. The van der Waals surface area contributed by atoms with E-state index in [0.717, 1.165) is 0 Å². The van der Waals surface area contributed by atoms with E-state index < -0.39 is 98.8 Å². The average Bonchev–Trinajstić information content (AvgIpc) is 2.97. The highest BCUT2D eigenvalue weighted by molar-refractivity contribution is 5.80. The van der Waals surface area contributed by atoms with Crippen LogP contribution >= 0.6 is 0 Å². The van der Waals surface area contributed by atoms with Gasteiger partial charge in [0.15, 0.2) is 17.5 Å². The first-order valence-electron chi connectivity index (χ1n) is 10.6. The van der Waals surface area contributed by atoms with Gasteiger partial charge in [0.1, 0.15) is 19.4 Å². The van der Waals surface area contributed by atoms with Gasteiger partial charge in [-0.2, -0.15) is 31.2 Å². The third-order valence-electron chi connectivity index (χ3n) is 3.92. The minimum Gasteiger partial charge on any atom is -0.378 e. The Kier molecular flexibility index (Phi) is 17.7. The third-order valence-corrected chi connectivity index (χ3v) is 3.92. The van der Waals surface area contributed by atoms with E-state index in [0.29, 0.717) is 12.2 Å². The average molecular weight is 660 g/mol. The molecule has 0 spiro atoms. The number of carbonyl (C=O) groups excluding carboxylic acids is 2. The molecule has 0 fully saturated rings. The van der Waals surface area contributed by atoms with Crippen molar-refractivity contribution >= 4 is 11.9 Å². The number of carbonyl (C=O) groups is 2. The van der Waals surface area contributed by atoms with Crippen LogP contribution in [0.4, 0.5) is 48.3 Å². The van der Waals surface area contributed by atoms with Crippen molar-refractivity contribution in [3.63, 3.8) is 0 Å². The Balaban J connectivity index is 5.29. The molecule has 0 amide bonds. The zero-order valence-electron chi connectivity index (χ0n) is 20.9. The fourth-order valence-electron chi connectivity index (χ4n) is 1.94. The van der Waals surface area contributed by atoms with Crippen LogP contribution in [0, 0.1) is 0 Å². The Hall–Kier alpha value is -3.19. The monoisotopic (exact) mass is 660 g/mol. The van der Waals surface area contributed by atoms with Gasteiger partial charge < -0.3 is 9.47 Å². The quantitative estimate of drug-likeness (QED) is 0.0389. The molecule has 0 bridgehead atoms. The SMILES string of the molecule is C=CC(=O)OOOOCC(COCCCOC(F)(/C(F)=C(F)/C(F)=C(\F)CF)C(F)(F)C(F)(F)F)OOOOC(=O)C=C. The Bertz CT molecular complexity index is 989. The van der Waals surface area contributed by atoms with Gasteiger partial charge in [-0.25, -0.2) is 36.4 Å². The van der Waals surface area contributed by atoms with E-state index in [2.05, 4.69) is 57.6 Å². The van der Waals surface area contributed by atoms with Crippen LogP contribution in [0.5, 0.6) is 0 Å². The normalized spacial score (nSPS) is 15.5. The highest BCUT2D eigenvalue weighted by Crippen LogP contribution is 2.51. The van der Waals surface area contributed by atoms with Gasteiger partial charge in [-0.3, -0.25) is 9.78 Å². The summed E-state index contributed by atoms with van der Waals surface area (Å²) in [5, 5.41) is 15.6. The molecule has 23 heteroatoms. The van der Waals surface area contributed by atoms with Crippen LogP contribution in [-0.2, 0) is 58.8 Å². The lowest BCUT2D eigenvalue weighted by atomic mass is 10.1. The standard InChI is InChI=1S/C20H19F11O12/c1-3-13(32)38-42-40-36-10-11(37-41-43-39-14(33)4-2)9-34-6-5-7-35-18(26,19(27,28)20(29,30)31)17(25)16(24)15(23)12(22)8-21/h3-4,11H,1-2,5-10H2/b15-12+,17-16+. The number of hydrogen-bond donors (Lipinski definition) is 0. The molecule has 2 unspecified atom stereocenters. The second kappa shape index (κ2) is 19.2. The number of allylic oxidation sites excluding steroid dienone is 3. The fraction of sp³-hybridized carbons (Fsp3) is 0.500. The van der Waals surface area contributed by atoms with Crippen LogP contribution < -0.4 is 0 Å². The van der Waals surface area contributed by atoms with Crippen LogP contribution in [-0.4, -0.2) is 69.1 Å². The van der Waals surface area contributed by atoms with Crippen LogP contribution in [0.2, 0.25) is 0 Å². The van der Waals surface area contributed by atoms with Gasteiger partial charge in [0, 0.05) is 28.8 Å². The van der Waals surface area contributed by atoms with Crippen LogP contribution in [0.1, 0.15) is 6.42 Å². The van der Waals surface area contributed by atoms with Gasteiger partial charge >= 0.3 is 29.9 Å². The Morgan fingerprint density at radius 2 is 1.33 bits per heavy atom. The molecule has 0 aromatic rings. The first kappa shape index (κ1) is 39.8. The Morgan fingerprint density at radius 3 is 1.84 bits per heavy atom. The lowest BCUT2D eigenvalue weighted by Crippen LogP contribution is -2.56. The lowest BCUT2D eigenvalue weighted by molar-refractivity contribution is -0.641. The molecule has 0 saturated heterocycles. The van der Waals surface area contributed by atoms with Crippen molar-refractivity contribution in [1.29, 1.82) is 0 Å².